The van der Waals surface area contributed by atoms with Crippen molar-refractivity contribution in [2.24, 2.45) is 17.6 Å². The van der Waals surface area contributed by atoms with Crippen LogP contribution < -0.4 is 10.5 Å². The molecule has 4 heterocycles. The van der Waals surface area contributed by atoms with E-state index in [9.17, 15) is 32.8 Å². The number of pyridine rings is 1. The van der Waals surface area contributed by atoms with Gasteiger partial charge in [0.2, 0.25) is 0 Å². The SMILES string of the molecule is CC(C)(C)OC(=O)N1CC[C@@H](N)[C@H](F)C1.COc1ccc(C(=O)C2CCN(C(=O)c3ccc(C(=O)C[C@@H]4CCN(C(=O)OC(C)(C)C)C[C@H]4F)cn3)CC2)cc1. The number of hydrogen-bond acceptors (Lipinski definition) is 10. The minimum Gasteiger partial charge on any atom is -0.497 e. The van der Waals surface area contributed by atoms with Crippen molar-refractivity contribution >= 4 is 29.7 Å². The number of amides is 3. The lowest BCUT2D eigenvalue weighted by atomic mass is 9.88. The third-order valence-electron chi connectivity index (χ3n) is 9.85. The van der Waals surface area contributed by atoms with Gasteiger partial charge >= 0.3 is 12.2 Å². The van der Waals surface area contributed by atoms with Gasteiger partial charge in [-0.1, -0.05) is 0 Å². The van der Waals surface area contributed by atoms with Crippen molar-refractivity contribution < 1.29 is 47.0 Å². The maximum atomic E-state index is 14.9. The number of likely N-dealkylation sites (tertiary alicyclic amines) is 3. The average molecular weight is 786 g/mol. The van der Waals surface area contributed by atoms with E-state index in [2.05, 4.69) is 4.98 Å². The third-order valence-corrected chi connectivity index (χ3v) is 9.85. The molecule has 13 nitrogen and oxygen atoms in total. The molecule has 0 spiro atoms. The van der Waals surface area contributed by atoms with Crippen LogP contribution in [0.3, 0.4) is 0 Å². The zero-order chi connectivity index (χ0) is 41.4. The number of aromatic nitrogens is 1. The molecule has 0 radical (unpaired) electrons. The van der Waals surface area contributed by atoms with Crippen molar-refractivity contribution in [2.45, 2.75) is 103 Å². The summed E-state index contributed by atoms with van der Waals surface area (Å²) < 4.78 is 43.7. The van der Waals surface area contributed by atoms with Crippen molar-refractivity contribution in [1.29, 1.82) is 0 Å². The maximum Gasteiger partial charge on any atom is 0.410 e. The molecule has 5 rings (SSSR count). The largest absolute Gasteiger partial charge is 0.497 e. The number of Topliss-reactive ketones (excluding diaryl/α,β-unsaturated/α-hetero) is 2. The number of carbonyl (C=O) groups is 5. The van der Waals surface area contributed by atoms with Crippen molar-refractivity contribution in [1.82, 2.24) is 19.7 Å². The second kappa shape index (κ2) is 19.0. The Morgan fingerprint density at radius 3 is 1.73 bits per heavy atom. The summed E-state index contributed by atoms with van der Waals surface area (Å²) in [5, 5.41) is 0. The molecule has 0 bridgehead atoms. The van der Waals surface area contributed by atoms with Gasteiger partial charge in [-0.2, -0.15) is 0 Å². The fourth-order valence-corrected chi connectivity index (χ4v) is 6.63. The van der Waals surface area contributed by atoms with Gasteiger partial charge in [-0.25, -0.2) is 18.4 Å². The van der Waals surface area contributed by atoms with Crippen molar-refractivity contribution in [3.63, 3.8) is 0 Å². The molecular weight excluding hydrogens is 728 g/mol. The van der Waals surface area contributed by atoms with Crippen LogP contribution in [0.25, 0.3) is 0 Å². The molecule has 4 atom stereocenters. The molecule has 0 aliphatic carbocycles. The number of nitrogens with two attached hydrogens (primary N) is 1. The van der Waals surface area contributed by atoms with E-state index in [1.165, 1.54) is 22.1 Å². The van der Waals surface area contributed by atoms with Gasteiger partial charge in [-0.05, 0) is 104 Å². The van der Waals surface area contributed by atoms with Gasteiger partial charge in [-0.15, -0.1) is 0 Å². The highest BCUT2D eigenvalue weighted by molar-refractivity contribution is 5.99. The molecule has 3 fully saturated rings. The molecule has 3 aliphatic rings. The highest BCUT2D eigenvalue weighted by Crippen LogP contribution is 2.28. The predicted octanol–water partition coefficient (Wildman–Crippen LogP) is 6.29. The number of carbonyl (C=O) groups excluding carboxylic acids is 5. The summed E-state index contributed by atoms with van der Waals surface area (Å²) in [4.78, 5) is 71.2. The molecular formula is C41H57F2N5O8. The van der Waals surface area contributed by atoms with Gasteiger partial charge < -0.3 is 34.6 Å². The number of piperidine rings is 3. The standard InChI is InChI=1S/C31H38FN3O6.C10H19FN2O2/c1-31(2,3)41-30(39)35-16-13-22(25(32)19-35)17-27(36)23-7-10-26(33-18-23)29(38)34-14-11-21(12-15-34)28(37)20-5-8-24(40-4)9-6-20;1-10(2,3)15-9(14)13-5-4-8(12)7(11)6-13/h5-10,18,21-22,25H,11-17,19H2,1-4H3;7-8H,4-6,12H2,1-3H3/t22-,25+;7-,8-/m01/s1. The molecule has 308 valence electrons. The fourth-order valence-electron chi connectivity index (χ4n) is 6.63. The summed E-state index contributed by atoms with van der Waals surface area (Å²) in [5.41, 5.74) is 5.47. The van der Waals surface area contributed by atoms with Crippen molar-refractivity contribution in [3.8, 4) is 5.75 Å². The number of alkyl halides is 2. The number of methoxy groups -OCH3 is 1. The van der Waals surface area contributed by atoms with E-state index in [1.807, 2.05) is 0 Å². The lowest BCUT2D eigenvalue weighted by molar-refractivity contribution is 0.00505. The second-order valence-corrected chi connectivity index (χ2v) is 16.6. The lowest BCUT2D eigenvalue weighted by Gasteiger charge is -2.35. The number of benzene rings is 1. The Bertz CT molecular complexity index is 1670. The smallest absolute Gasteiger partial charge is 0.410 e. The van der Waals surface area contributed by atoms with Gasteiger partial charge in [0.25, 0.3) is 5.91 Å². The molecule has 3 saturated heterocycles. The quantitative estimate of drug-likeness (QED) is 0.316. The molecule has 1 aromatic carbocycles. The molecule has 1 aromatic heterocycles. The van der Waals surface area contributed by atoms with E-state index in [0.717, 1.165) is 0 Å². The van der Waals surface area contributed by atoms with Crippen LogP contribution in [0.2, 0.25) is 0 Å². The Labute approximate surface area is 328 Å². The third kappa shape index (κ3) is 12.7. The number of rotatable bonds is 7. The highest BCUT2D eigenvalue weighted by Gasteiger charge is 2.36. The van der Waals surface area contributed by atoms with E-state index in [-0.39, 0.29) is 48.6 Å². The summed E-state index contributed by atoms with van der Waals surface area (Å²) in [5.74, 6) is -0.424. The minimum atomic E-state index is -1.34. The summed E-state index contributed by atoms with van der Waals surface area (Å²) in [6.07, 6.45) is -0.186. The van der Waals surface area contributed by atoms with E-state index in [1.54, 1.807) is 83.9 Å². The van der Waals surface area contributed by atoms with Gasteiger partial charge in [-0.3, -0.25) is 19.4 Å². The maximum absolute atomic E-state index is 14.9. The van der Waals surface area contributed by atoms with E-state index >= 15 is 0 Å². The van der Waals surface area contributed by atoms with E-state index < -0.39 is 47.7 Å². The minimum absolute atomic E-state index is 0.00592. The molecule has 56 heavy (non-hydrogen) atoms. The van der Waals surface area contributed by atoms with Gasteiger partial charge in [0, 0.05) is 67.8 Å². The van der Waals surface area contributed by atoms with Gasteiger partial charge in [0.1, 0.15) is 35.0 Å². The Hall–Kier alpha value is -4.66. The number of hydrogen-bond donors (Lipinski definition) is 1. The first-order valence-corrected chi connectivity index (χ1v) is 19.2. The zero-order valence-electron chi connectivity index (χ0n) is 33.6. The summed E-state index contributed by atoms with van der Waals surface area (Å²) in [6.45, 7) is 12.2. The molecule has 15 heteroatoms. The van der Waals surface area contributed by atoms with Crippen LogP contribution in [-0.4, -0.2) is 125 Å². The molecule has 2 aromatic rings. The Morgan fingerprint density at radius 2 is 1.25 bits per heavy atom. The predicted molar refractivity (Wildman–Crippen MR) is 205 cm³/mol. The van der Waals surface area contributed by atoms with Crippen LogP contribution in [0.4, 0.5) is 18.4 Å². The molecule has 0 saturated carbocycles. The highest BCUT2D eigenvalue weighted by atomic mass is 19.1. The normalized spacial score (nSPS) is 22.0. The Kier molecular flexibility index (Phi) is 14.9. The number of ketones is 2. The van der Waals surface area contributed by atoms with Crippen LogP contribution in [-0.2, 0) is 9.47 Å². The molecule has 0 unspecified atom stereocenters. The summed E-state index contributed by atoms with van der Waals surface area (Å²) in [6, 6.07) is 9.64. The molecule has 2 N–H and O–H groups in total. The average Bonchev–Trinajstić information content (AvgIpc) is 3.15. The molecule has 3 aliphatic heterocycles. The lowest BCUT2D eigenvalue weighted by Crippen LogP contribution is -2.51. The van der Waals surface area contributed by atoms with Crippen LogP contribution >= 0.6 is 0 Å². The number of ether oxygens (including phenoxy) is 3. The Morgan fingerprint density at radius 1 is 0.732 bits per heavy atom. The first-order valence-electron chi connectivity index (χ1n) is 19.2. The Balaban J connectivity index is 0.000000389. The zero-order valence-corrected chi connectivity index (χ0v) is 33.6. The van der Waals surface area contributed by atoms with Crippen LogP contribution in [0.1, 0.15) is 105 Å². The van der Waals surface area contributed by atoms with Crippen molar-refractivity contribution in [2.75, 3.05) is 46.4 Å². The first-order chi connectivity index (χ1) is 26.2. The van der Waals surface area contributed by atoms with Crippen LogP contribution in [0, 0.1) is 11.8 Å². The van der Waals surface area contributed by atoms with Gasteiger partial charge in [0.15, 0.2) is 11.6 Å². The van der Waals surface area contributed by atoms with E-state index in [0.29, 0.717) is 68.7 Å². The summed E-state index contributed by atoms with van der Waals surface area (Å²) >= 11 is 0. The first kappa shape index (κ1) is 44.1. The van der Waals surface area contributed by atoms with Crippen molar-refractivity contribution in [3.05, 3.63) is 59.4 Å². The van der Waals surface area contributed by atoms with Gasteiger partial charge in [0.05, 0.1) is 20.2 Å². The summed E-state index contributed by atoms with van der Waals surface area (Å²) in [7, 11) is 1.57. The van der Waals surface area contributed by atoms with Crippen LogP contribution in [0.15, 0.2) is 42.6 Å². The van der Waals surface area contributed by atoms with Crippen LogP contribution in [0.5, 0.6) is 5.75 Å². The van der Waals surface area contributed by atoms with E-state index in [4.69, 9.17) is 19.9 Å². The second-order valence-electron chi connectivity index (χ2n) is 16.6. The monoisotopic (exact) mass is 785 g/mol. The topological polar surface area (TPSA) is 162 Å². The number of nitrogens with zero attached hydrogens (tertiary/aromatic N) is 4. The molecule has 3 amide bonds. The number of halogens is 2. The fraction of sp³-hybridized carbons (Fsp3) is 0.610.